The Labute approximate surface area is 253 Å². The molecule has 0 radical (unpaired) electrons. The minimum Gasteiger partial charge on any atom is -0.353 e. The number of nitrogens with zero attached hydrogens (tertiary/aromatic N) is 5. The van der Waals surface area contributed by atoms with Gasteiger partial charge in [-0.2, -0.15) is 0 Å². The number of carbonyl (C=O) groups is 1. The smallest absolute Gasteiger partial charge is 0.267 e. The third-order valence-corrected chi connectivity index (χ3v) is 9.17. The topological polar surface area (TPSA) is 61.2 Å². The zero-order valence-electron chi connectivity index (χ0n) is 22.5. The average molecular weight is 602 g/mol. The number of anilines is 1. The molecule has 6 rings (SSSR count). The van der Waals surface area contributed by atoms with Gasteiger partial charge in [0.05, 0.1) is 17.0 Å². The summed E-state index contributed by atoms with van der Waals surface area (Å²) in [4.78, 5) is 38.9. The highest BCUT2D eigenvalue weighted by Crippen LogP contribution is 2.35. The minimum absolute atomic E-state index is 0.211. The number of rotatable bonds is 6. The SMILES string of the molecule is Cc1cccn2c(=O)c(C=C3SC(=S)N(Cc4ccccc4Cl)C3=O)c(N3CCN(Cc4ccccc4)CC3)nc12. The number of aryl methyl sites for hydroxylation is 1. The Hall–Kier alpha value is -3.50. The van der Waals surface area contributed by atoms with E-state index in [1.165, 1.54) is 22.2 Å². The summed E-state index contributed by atoms with van der Waals surface area (Å²) in [6.07, 6.45) is 3.39. The van der Waals surface area contributed by atoms with Crippen LogP contribution in [0.5, 0.6) is 0 Å². The van der Waals surface area contributed by atoms with Gasteiger partial charge in [0.2, 0.25) is 0 Å². The lowest BCUT2D eigenvalue weighted by atomic mass is 10.1. The highest BCUT2D eigenvalue weighted by atomic mass is 35.5. The molecule has 0 bridgehead atoms. The number of halogens is 1. The molecule has 0 N–H and O–H groups in total. The predicted molar refractivity (Wildman–Crippen MR) is 170 cm³/mol. The van der Waals surface area contributed by atoms with Gasteiger partial charge in [-0.05, 0) is 41.8 Å². The molecule has 0 aliphatic carbocycles. The number of benzene rings is 2. The summed E-state index contributed by atoms with van der Waals surface area (Å²) >= 11 is 13.1. The van der Waals surface area contributed by atoms with Crippen molar-refractivity contribution in [3.05, 3.63) is 115 Å². The molecular formula is C31H28ClN5O2S2. The minimum atomic E-state index is -0.243. The van der Waals surface area contributed by atoms with E-state index in [1.807, 2.05) is 43.3 Å². The molecule has 1 amide bonds. The van der Waals surface area contributed by atoms with Gasteiger partial charge in [-0.15, -0.1) is 0 Å². The van der Waals surface area contributed by atoms with Gasteiger partial charge >= 0.3 is 0 Å². The Morgan fingerprint density at radius 2 is 1.68 bits per heavy atom. The number of aromatic nitrogens is 2. The first-order valence-corrected chi connectivity index (χ1v) is 15.0. The van der Waals surface area contributed by atoms with E-state index in [9.17, 15) is 9.59 Å². The van der Waals surface area contributed by atoms with Gasteiger partial charge in [0.15, 0.2) is 0 Å². The van der Waals surface area contributed by atoms with Crippen LogP contribution in [0.3, 0.4) is 0 Å². The van der Waals surface area contributed by atoms with Gasteiger partial charge in [0.25, 0.3) is 11.5 Å². The third-order valence-electron chi connectivity index (χ3n) is 7.42. The maximum atomic E-state index is 13.9. The average Bonchev–Trinajstić information content (AvgIpc) is 3.24. The fourth-order valence-electron chi connectivity index (χ4n) is 5.19. The lowest BCUT2D eigenvalue weighted by Crippen LogP contribution is -2.47. The van der Waals surface area contributed by atoms with E-state index in [2.05, 4.69) is 34.1 Å². The first-order chi connectivity index (χ1) is 19.9. The maximum Gasteiger partial charge on any atom is 0.267 e. The van der Waals surface area contributed by atoms with Crippen molar-refractivity contribution in [1.82, 2.24) is 19.2 Å². The van der Waals surface area contributed by atoms with Crippen LogP contribution in [-0.2, 0) is 17.9 Å². The summed E-state index contributed by atoms with van der Waals surface area (Å²) in [6.45, 7) is 6.20. The van der Waals surface area contributed by atoms with Gasteiger partial charge in [0.1, 0.15) is 15.8 Å². The number of hydrogen-bond donors (Lipinski definition) is 0. The molecule has 41 heavy (non-hydrogen) atoms. The molecular weight excluding hydrogens is 574 g/mol. The van der Waals surface area contributed by atoms with Crippen LogP contribution in [0.15, 0.2) is 82.6 Å². The van der Waals surface area contributed by atoms with Gasteiger partial charge in [-0.3, -0.25) is 23.8 Å². The maximum absolute atomic E-state index is 13.9. The second-order valence-corrected chi connectivity index (χ2v) is 12.2. The largest absolute Gasteiger partial charge is 0.353 e. The lowest BCUT2D eigenvalue weighted by Gasteiger charge is -2.36. The van der Waals surface area contributed by atoms with E-state index in [0.29, 0.717) is 31.3 Å². The van der Waals surface area contributed by atoms with Crippen molar-refractivity contribution in [2.75, 3.05) is 31.1 Å². The molecule has 0 unspecified atom stereocenters. The Balaban J connectivity index is 1.33. The van der Waals surface area contributed by atoms with Crippen molar-refractivity contribution in [3.63, 3.8) is 0 Å². The summed E-state index contributed by atoms with van der Waals surface area (Å²) in [5, 5.41) is 0.576. The normalized spacial score (nSPS) is 17.3. The Bertz CT molecular complexity index is 1730. The van der Waals surface area contributed by atoms with Crippen molar-refractivity contribution < 1.29 is 4.79 Å². The summed E-state index contributed by atoms with van der Waals surface area (Å²) in [6, 6.07) is 21.6. The molecule has 2 saturated heterocycles. The molecule has 7 nitrogen and oxygen atoms in total. The van der Waals surface area contributed by atoms with Gasteiger partial charge in [-0.1, -0.05) is 90.2 Å². The number of hydrogen-bond acceptors (Lipinski definition) is 7. The summed E-state index contributed by atoms with van der Waals surface area (Å²) in [5.74, 6) is 0.354. The van der Waals surface area contributed by atoms with Crippen LogP contribution in [0.1, 0.15) is 22.3 Å². The number of thioether (sulfide) groups is 1. The van der Waals surface area contributed by atoms with Gasteiger partial charge in [-0.25, -0.2) is 4.98 Å². The molecule has 2 fully saturated rings. The van der Waals surface area contributed by atoms with E-state index >= 15 is 0 Å². The molecule has 10 heteroatoms. The zero-order chi connectivity index (χ0) is 28.5. The molecule has 2 aliphatic rings. The number of thiocarbonyl (C=S) groups is 1. The van der Waals surface area contributed by atoms with Crippen LogP contribution in [-0.4, -0.2) is 55.6 Å². The van der Waals surface area contributed by atoms with Crippen LogP contribution < -0.4 is 10.5 Å². The lowest BCUT2D eigenvalue weighted by molar-refractivity contribution is -0.122. The molecule has 208 valence electrons. The Morgan fingerprint density at radius 3 is 2.44 bits per heavy atom. The second kappa shape index (κ2) is 11.8. The van der Waals surface area contributed by atoms with Crippen molar-refractivity contribution >= 4 is 63.3 Å². The second-order valence-electron chi connectivity index (χ2n) is 10.1. The molecule has 0 spiro atoms. The van der Waals surface area contributed by atoms with Gasteiger partial charge in [0, 0.05) is 43.9 Å². The summed E-state index contributed by atoms with van der Waals surface area (Å²) < 4.78 is 1.99. The first-order valence-electron chi connectivity index (χ1n) is 13.4. The number of piperazine rings is 1. The Morgan fingerprint density at radius 1 is 0.951 bits per heavy atom. The summed E-state index contributed by atoms with van der Waals surface area (Å²) in [7, 11) is 0. The quantitative estimate of drug-likeness (QED) is 0.217. The van der Waals surface area contributed by atoms with Crippen molar-refractivity contribution in [2.24, 2.45) is 0 Å². The molecule has 0 atom stereocenters. The molecule has 2 aliphatic heterocycles. The zero-order valence-corrected chi connectivity index (χ0v) is 24.9. The van der Waals surface area contributed by atoms with Crippen LogP contribution in [0, 0.1) is 6.92 Å². The van der Waals surface area contributed by atoms with E-state index in [0.717, 1.165) is 43.9 Å². The standard InChI is InChI=1S/C31H28ClN5O2S2/c1-21-8-7-13-36-27(21)33-28(35-16-14-34(15-17-35)19-22-9-3-2-4-10-22)24(29(36)38)18-26-30(39)37(31(40)41-26)20-23-11-5-6-12-25(23)32/h2-13,18H,14-17,19-20H2,1H3. The molecule has 2 aromatic heterocycles. The summed E-state index contributed by atoms with van der Waals surface area (Å²) in [5.41, 5.74) is 3.79. The number of amides is 1. The molecule has 2 aromatic carbocycles. The van der Waals surface area contributed by atoms with Crippen LogP contribution in [0.25, 0.3) is 11.7 Å². The van der Waals surface area contributed by atoms with E-state index in [-0.39, 0.29) is 18.0 Å². The number of fused-ring (bicyclic) bond motifs is 1. The molecule has 4 heterocycles. The monoisotopic (exact) mass is 601 g/mol. The number of carbonyl (C=O) groups excluding carboxylic acids is 1. The van der Waals surface area contributed by atoms with Crippen molar-refractivity contribution in [1.29, 1.82) is 0 Å². The van der Waals surface area contributed by atoms with Crippen molar-refractivity contribution in [2.45, 2.75) is 20.0 Å². The highest BCUT2D eigenvalue weighted by molar-refractivity contribution is 8.26. The van der Waals surface area contributed by atoms with E-state index < -0.39 is 0 Å². The van der Waals surface area contributed by atoms with Crippen LogP contribution >= 0.6 is 35.6 Å². The third kappa shape index (κ3) is 5.67. The predicted octanol–water partition coefficient (Wildman–Crippen LogP) is 5.38. The Kier molecular flexibility index (Phi) is 7.94. The fourth-order valence-corrected chi connectivity index (χ4v) is 6.62. The number of pyridine rings is 1. The van der Waals surface area contributed by atoms with E-state index in [1.54, 1.807) is 22.7 Å². The van der Waals surface area contributed by atoms with Crippen LogP contribution in [0.4, 0.5) is 5.82 Å². The van der Waals surface area contributed by atoms with E-state index in [4.69, 9.17) is 28.8 Å². The first kappa shape index (κ1) is 27.7. The highest BCUT2D eigenvalue weighted by Gasteiger charge is 2.33. The van der Waals surface area contributed by atoms with Gasteiger partial charge < -0.3 is 4.90 Å². The van der Waals surface area contributed by atoms with Crippen molar-refractivity contribution in [3.8, 4) is 0 Å². The molecule has 4 aromatic rings. The molecule has 0 saturated carbocycles. The fraction of sp³-hybridized carbons (Fsp3) is 0.226. The van der Waals surface area contributed by atoms with Crippen LogP contribution in [0.2, 0.25) is 5.02 Å².